The van der Waals surface area contributed by atoms with Crippen molar-refractivity contribution in [1.29, 1.82) is 0 Å². The molecule has 0 saturated carbocycles. The van der Waals surface area contributed by atoms with E-state index in [4.69, 9.17) is 33.7 Å². The molecule has 1 aliphatic heterocycles. The predicted octanol–water partition coefficient (Wildman–Crippen LogP) is 4.97. The van der Waals surface area contributed by atoms with Crippen LogP contribution in [0.25, 0.3) is 6.08 Å². The quantitative estimate of drug-likeness (QED) is 0.448. The van der Waals surface area contributed by atoms with E-state index in [1.54, 1.807) is 24.3 Å². The van der Waals surface area contributed by atoms with Gasteiger partial charge in [0.15, 0.2) is 0 Å². The Labute approximate surface area is 184 Å². The fourth-order valence-electron chi connectivity index (χ4n) is 2.42. The van der Waals surface area contributed by atoms with Gasteiger partial charge in [-0.05, 0) is 45.8 Å². The summed E-state index contributed by atoms with van der Waals surface area (Å²) in [6.07, 6.45) is 1.67. The number of hydrogen-bond donors (Lipinski definition) is 1. The molecule has 2 aromatic carbocycles. The Kier molecular flexibility index (Phi) is 6.77. The number of carbonyl (C=O) groups is 2. The van der Waals surface area contributed by atoms with E-state index >= 15 is 0 Å². The number of carboxylic acids is 1. The average Bonchev–Trinajstić information content (AvgIpc) is 2.89. The molecule has 3 rings (SSSR count). The summed E-state index contributed by atoms with van der Waals surface area (Å²) in [7, 11) is 0. The van der Waals surface area contributed by atoms with Crippen LogP contribution in [0, 0.1) is 0 Å². The van der Waals surface area contributed by atoms with Crippen LogP contribution in [-0.2, 0) is 16.2 Å². The molecule has 2 aromatic rings. The van der Waals surface area contributed by atoms with Crippen molar-refractivity contribution < 1.29 is 19.4 Å². The number of ether oxygens (including phenoxy) is 1. The molecule has 1 heterocycles. The van der Waals surface area contributed by atoms with E-state index in [9.17, 15) is 9.59 Å². The summed E-state index contributed by atoms with van der Waals surface area (Å²) in [5.41, 5.74) is 1.63. The van der Waals surface area contributed by atoms with Gasteiger partial charge in [0.1, 0.15) is 23.2 Å². The first kappa shape index (κ1) is 20.9. The minimum absolute atomic E-state index is 0.234. The number of thioether (sulfide) groups is 1. The minimum Gasteiger partial charge on any atom is -0.488 e. The van der Waals surface area contributed by atoms with Crippen LogP contribution in [0.3, 0.4) is 0 Å². The number of aliphatic carboxylic acids is 1. The molecule has 0 aromatic heterocycles. The van der Waals surface area contributed by atoms with E-state index in [0.717, 1.165) is 27.8 Å². The van der Waals surface area contributed by atoms with Gasteiger partial charge >= 0.3 is 5.97 Å². The average molecular weight is 499 g/mol. The summed E-state index contributed by atoms with van der Waals surface area (Å²) < 4.78 is 6.76. The number of carboxylic acid groups (broad SMARTS) is 1. The molecule has 1 amide bonds. The monoisotopic (exact) mass is 497 g/mol. The topological polar surface area (TPSA) is 66.8 Å². The molecule has 0 aliphatic carbocycles. The lowest BCUT2D eigenvalue weighted by Gasteiger charge is -2.10. The summed E-state index contributed by atoms with van der Waals surface area (Å²) >= 11 is 15.8. The van der Waals surface area contributed by atoms with Crippen molar-refractivity contribution in [2.24, 2.45) is 0 Å². The number of thiocarbonyl (C=S) groups is 1. The van der Waals surface area contributed by atoms with Crippen LogP contribution in [0.1, 0.15) is 11.1 Å². The molecule has 1 saturated heterocycles. The molecule has 28 heavy (non-hydrogen) atoms. The Morgan fingerprint density at radius 1 is 1.32 bits per heavy atom. The SMILES string of the molecule is O=C(O)CN1C(=O)/C(=C/c2ccc(OCc3ccccc3Cl)c(Br)c2)SC1=S. The molecule has 5 nitrogen and oxygen atoms in total. The maximum Gasteiger partial charge on any atom is 0.323 e. The molecule has 0 bridgehead atoms. The summed E-state index contributed by atoms with van der Waals surface area (Å²) in [5.74, 6) is -0.886. The molecule has 144 valence electrons. The lowest BCUT2D eigenvalue weighted by atomic mass is 10.2. The van der Waals surface area contributed by atoms with Crippen LogP contribution in [-0.4, -0.2) is 32.7 Å². The van der Waals surface area contributed by atoms with Gasteiger partial charge < -0.3 is 9.84 Å². The maximum absolute atomic E-state index is 12.3. The highest BCUT2D eigenvalue weighted by Gasteiger charge is 2.33. The number of halogens is 2. The van der Waals surface area contributed by atoms with Crippen molar-refractivity contribution in [2.75, 3.05) is 6.54 Å². The third-order valence-electron chi connectivity index (χ3n) is 3.76. The minimum atomic E-state index is -1.11. The molecule has 9 heteroatoms. The molecule has 1 N–H and O–H groups in total. The zero-order valence-electron chi connectivity index (χ0n) is 14.2. The van der Waals surface area contributed by atoms with Gasteiger partial charge in [-0.1, -0.05) is 59.8 Å². The third-order valence-corrected chi connectivity index (χ3v) is 6.13. The maximum atomic E-state index is 12.3. The van der Waals surface area contributed by atoms with Gasteiger partial charge in [0.25, 0.3) is 5.91 Å². The summed E-state index contributed by atoms with van der Waals surface area (Å²) in [6, 6.07) is 12.8. The zero-order valence-corrected chi connectivity index (χ0v) is 18.2. The van der Waals surface area contributed by atoms with Gasteiger partial charge in [-0.3, -0.25) is 14.5 Å². The lowest BCUT2D eigenvalue weighted by Crippen LogP contribution is -2.33. The van der Waals surface area contributed by atoms with Gasteiger partial charge in [-0.15, -0.1) is 0 Å². The Morgan fingerprint density at radius 2 is 2.07 bits per heavy atom. The van der Waals surface area contributed by atoms with Crippen LogP contribution in [0.2, 0.25) is 5.02 Å². The number of rotatable bonds is 6. The van der Waals surface area contributed by atoms with Crippen molar-refractivity contribution in [1.82, 2.24) is 4.90 Å². The zero-order chi connectivity index (χ0) is 20.3. The summed E-state index contributed by atoms with van der Waals surface area (Å²) in [6.45, 7) is -0.119. The van der Waals surface area contributed by atoms with Crippen molar-refractivity contribution >= 4 is 73.8 Å². The Balaban J connectivity index is 1.73. The number of nitrogens with zero attached hydrogens (tertiary/aromatic N) is 1. The normalized spacial score (nSPS) is 15.4. The first-order chi connectivity index (χ1) is 13.3. The number of hydrogen-bond acceptors (Lipinski definition) is 5. The van der Waals surface area contributed by atoms with Crippen LogP contribution in [0.15, 0.2) is 51.8 Å². The highest BCUT2D eigenvalue weighted by atomic mass is 79.9. The van der Waals surface area contributed by atoms with E-state index in [1.165, 1.54) is 0 Å². The largest absolute Gasteiger partial charge is 0.488 e. The van der Waals surface area contributed by atoms with Gasteiger partial charge in [0, 0.05) is 10.6 Å². The van der Waals surface area contributed by atoms with E-state index in [1.807, 2.05) is 24.3 Å². The van der Waals surface area contributed by atoms with E-state index < -0.39 is 18.4 Å². The molecular formula is C19H13BrClNO4S2. The van der Waals surface area contributed by atoms with Crippen molar-refractivity contribution in [3.05, 3.63) is 68.0 Å². The van der Waals surface area contributed by atoms with Crippen LogP contribution >= 0.6 is 51.5 Å². The van der Waals surface area contributed by atoms with Gasteiger partial charge in [0.2, 0.25) is 0 Å². The first-order valence-corrected chi connectivity index (χ1v) is 10.4. The summed E-state index contributed by atoms with van der Waals surface area (Å²) in [5, 5.41) is 9.53. The third kappa shape index (κ3) is 4.94. The number of benzene rings is 2. The molecule has 0 spiro atoms. The standard InChI is InChI=1S/C19H13BrClNO4S2/c20-13-7-11(8-16-18(25)22(9-17(23)24)19(27)28-16)5-6-15(13)26-10-12-3-1-2-4-14(12)21/h1-8H,9-10H2,(H,23,24)/b16-8-. The van der Waals surface area contributed by atoms with E-state index in [-0.39, 0.29) is 4.32 Å². The fraction of sp³-hybridized carbons (Fsp3) is 0.105. The Hall–Kier alpha value is -1.87. The number of amides is 1. The molecular weight excluding hydrogens is 486 g/mol. The molecule has 1 aliphatic rings. The highest BCUT2D eigenvalue weighted by molar-refractivity contribution is 9.10. The molecule has 0 unspecified atom stereocenters. The van der Waals surface area contributed by atoms with Crippen molar-refractivity contribution in [3.8, 4) is 5.75 Å². The highest BCUT2D eigenvalue weighted by Crippen LogP contribution is 2.34. The van der Waals surface area contributed by atoms with Crippen LogP contribution in [0.5, 0.6) is 5.75 Å². The van der Waals surface area contributed by atoms with E-state index in [2.05, 4.69) is 15.9 Å². The fourth-order valence-corrected chi connectivity index (χ4v) is 4.37. The van der Waals surface area contributed by atoms with Gasteiger partial charge in [-0.2, -0.15) is 0 Å². The second kappa shape index (κ2) is 9.09. The molecule has 1 fully saturated rings. The Bertz CT molecular complexity index is 996. The van der Waals surface area contributed by atoms with Gasteiger partial charge in [0.05, 0.1) is 9.38 Å². The smallest absolute Gasteiger partial charge is 0.323 e. The summed E-state index contributed by atoms with van der Waals surface area (Å²) in [4.78, 5) is 24.7. The predicted molar refractivity (Wildman–Crippen MR) is 117 cm³/mol. The lowest BCUT2D eigenvalue weighted by molar-refractivity contribution is -0.140. The molecule has 0 atom stereocenters. The van der Waals surface area contributed by atoms with Crippen LogP contribution in [0.4, 0.5) is 0 Å². The van der Waals surface area contributed by atoms with E-state index in [0.29, 0.717) is 26.8 Å². The first-order valence-electron chi connectivity index (χ1n) is 7.98. The number of carbonyl (C=O) groups excluding carboxylic acids is 1. The second-order valence-electron chi connectivity index (χ2n) is 5.73. The second-order valence-corrected chi connectivity index (χ2v) is 8.67. The molecule has 0 radical (unpaired) electrons. The Morgan fingerprint density at radius 3 is 2.75 bits per heavy atom. The van der Waals surface area contributed by atoms with Gasteiger partial charge in [-0.25, -0.2) is 0 Å². The van der Waals surface area contributed by atoms with Crippen molar-refractivity contribution in [2.45, 2.75) is 6.61 Å². The van der Waals surface area contributed by atoms with Crippen LogP contribution < -0.4 is 4.74 Å². The van der Waals surface area contributed by atoms with Crippen molar-refractivity contribution in [3.63, 3.8) is 0 Å².